The summed E-state index contributed by atoms with van der Waals surface area (Å²) in [5.74, 6) is -0.428. The van der Waals surface area contributed by atoms with Crippen LogP contribution in [0.2, 0.25) is 0 Å². The molecule has 0 fully saturated rings. The molecule has 5 nitrogen and oxygen atoms in total. The Bertz CT molecular complexity index is 800. The van der Waals surface area contributed by atoms with E-state index < -0.39 is 5.91 Å². The van der Waals surface area contributed by atoms with Crippen LogP contribution < -0.4 is 11.5 Å². The van der Waals surface area contributed by atoms with Crippen molar-refractivity contribution in [2.45, 2.75) is 27.7 Å². The number of primary amides is 1. The van der Waals surface area contributed by atoms with Gasteiger partial charge in [-0.15, -0.1) is 0 Å². The van der Waals surface area contributed by atoms with E-state index >= 15 is 0 Å². The quantitative estimate of drug-likeness (QED) is 0.493. The Morgan fingerprint density at radius 1 is 1.27 bits per heavy atom. The predicted octanol–water partition coefficient (Wildman–Crippen LogP) is 4.14. The van der Waals surface area contributed by atoms with Gasteiger partial charge in [-0.05, 0) is 37.6 Å². The summed E-state index contributed by atoms with van der Waals surface area (Å²) in [6.45, 7) is 11.0. The van der Waals surface area contributed by atoms with Crippen molar-refractivity contribution in [1.29, 1.82) is 5.26 Å². The molecule has 0 aliphatic carbocycles. The van der Waals surface area contributed by atoms with Gasteiger partial charge in [-0.1, -0.05) is 44.7 Å². The molecule has 5 heteroatoms. The van der Waals surface area contributed by atoms with E-state index in [1.807, 2.05) is 45.0 Å². The first-order valence-corrected chi connectivity index (χ1v) is 8.24. The number of hydrogen-bond donors (Lipinski definition) is 2. The van der Waals surface area contributed by atoms with Gasteiger partial charge in [-0.25, -0.2) is 0 Å². The second-order valence-electron chi connectivity index (χ2n) is 4.92. The molecule has 136 valence electrons. The summed E-state index contributed by atoms with van der Waals surface area (Å²) in [5, 5.41) is 9.06. The third-order valence-corrected chi connectivity index (χ3v) is 3.20. The Kier molecular flexibility index (Phi) is 10.5. The van der Waals surface area contributed by atoms with Gasteiger partial charge in [0.1, 0.15) is 0 Å². The molecule has 1 aromatic carbocycles. The van der Waals surface area contributed by atoms with E-state index in [9.17, 15) is 4.79 Å². The van der Waals surface area contributed by atoms with Crippen LogP contribution in [0.3, 0.4) is 0 Å². The largest absolute Gasteiger partial charge is 0.399 e. The molecule has 4 N–H and O–H groups in total. The van der Waals surface area contributed by atoms with Gasteiger partial charge in [-0.3, -0.25) is 9.78 Å². The highest BCUT2D eigenvalue weighted by molar-refractivity contribution is 5.94. The number of anilines is 1. The lowest BCUT2D eigenvalue weighted by molar-refractivity contribution is -0.114. The molecule has 0 radical (unpaired) electrons. The number of rotatable bonds is 3. The fourth-order valence-corrected chi connectivity index (χ4v) is 1.91. The van der Waals surface area contributed by atoms with Gasteiger partial charge in [0.25, 0.3) is 0 Å². The van der Waals surface area contributed by atoms with E-state index in [1.165, 1.54) is 6.08 Å². The summed E-state index contributed by atoms with van der Waals surface area (Å²) < 4.78 is 0. The number of pyridine rings is 1. The number of aromatic nitrogens is 1. The number of carbonyl (C=O) groups is 1. The van der Waals surface area contributed by atoms with Crippen LogP contribution in [0.4, 0.5) is 5.69 Å². The Labute approximate surface area is 155 Å². The zero-order valence-electron chi connectivity index (χ0n) is 15.8. The van der Waals surface area contributed by atoms with Gasteiger partial charge in [0.15, 0.2) is 0 Å². The molecule has 0 aliphatic rings. The lowest BCUT2D eigenvalue weighted by Crippen LogP contribution is -2.11. The minimum Gasteiger partial charge on any atom is -0.399 e. The zero-order valence-corrected chi connectivity index (χ0v) is 15.8. The number of benzene rings is 1. The third-order valence-electron chi connectivity index (χ3n) is 3.20. The van der Waals surface area contributed by atoms with Crippen molar-refractivity contribution in [3.8, 4) is 17.2 Å². The van der Waals surface area contributed by atoms with E-state index in [2.05, 4.69) is 17.6 Å². The first-order valence-electron chi connectivity index (χ1n) is 8.24. The van der Waals surface area contributed by atoms with E-state index in [4.69, 9.17) is 16.7 Å². The number of nitrogens with two attached hydrogens (primary N) is 2. The molecule has 1 amide bonds. The lowest BCUT2D eigenvalue weighted by atomic mass is 10.0. The number of nitrogen functional groups attached to an aromatic ring is 1. The number of nitriles is 1. The smallest absolute Gasteiger partial charge is 0.248 e. The highest BCUT2D eigenvalue weighted by Crippen LogP contribution is 2.23. The SMILES string of the molecule is C=C/C(=C\C)C(N)=O.CC.Cc1cc(C#N)c(-c2ccc(N)cc2)cn1. The van der Waals surface area contributed by atoms with Crippen LogP contribution in [0, 0.1) is 18.3 Å². The zero-order chi connectivity index (χ0) is 20.1. The van der Waals surface area contributed by atoms with Crippen molar-refractivity contribution in [2.24, 2.45) is 5.73 Å². The van der Waals surface area contributed by atoms with Crippen molar-refractivity contribution in [2.75, 3.05) is 5.73 Å². The molecule has 0 unspecified atom stereocenters. The number of allylic oxidation sites excluding steroid dienone is 1. The van der Waals surface area contributed by atoms with Crippen LogP contribution in [0.1, 0.15) is 32.0 Å². The molecule has 26 heavy (non-hydrogen) atoms. The molecule has 0 aliphatic heterocycles. The summed E-state index contributed by atoms with van der Waals surface area (Å²) in [4.78, 5) is 14.4. The lowest BCUT2D eigenvalue weighted by Gasteiger charge is -2.04. The maximum absolute atomic E-state index is 10.2. The van der Waals surface area contributed by atoms with Crippen molar-refractivity contribution in [3.05, 3.63) is 72.1 Å². The Hall–Kier alpha value is -3.39. The fourth-order valence-electron chi connectivity index (χ4n) is 1.91. The average Bonchev–Trinajstić information content (AvgIpc) is 2.65. The molecule has 0 bridgehead atoms. The highest BCUT2D eigenvalue weighted by Gasteiger charge is 2.05. The minimum atomic E-state index is -0.428. The topological polar surface area (TPSA) is 106 Å². The van der Waals surface area contributed by atoms with Crippen molar-refractivity contribution in [3.63, 3.8) is 0 Å². The summed E-state index contributed by atoms with van der Waals surface area (Å²) >= 11 is 0. The Morgan fingerprint density at radius 3 is 2.23 bits per heavy atom. The van der Waals surface area contributed by atoms with E-state index in [1.54, 1.807) is 25.3 Å². The molecule has 0 atom stereocenters. The van der Waals surface area contributed by atoms with E-state index in [0.717, 1.165) is 16.8 Å². The van der Waals surface area contributed by atoms with Gasteiger partial charge in [0.2, 0.25) is 5.91 Å². The molecular formula is C21H26N4O. The molecule has 0 spiro atoms. The van der Waals surface area contributed by atoms with E-state index in [-0.39, 0.29) is 0 Å². The summed E-state index contributed by atoms with van der Waals surface area (Å²) in [6, 6.07) is 11.4. The number of amides is 1. The van der Waals surface area contributed by atoms with Crippen molar-refractivity contribution >= 4 is 11.6 Å². The molecule has 1 aromatic heterocycles. The van der Waals surface area contributed by atoms with Gasteiger partial charge in [0, 0.05) is 28.7 Å². The molecule has 1 heterocycles. The number of carbonyl (C=O) groups excluding carboxylic acids is 1. The first kappa shape index (κ1) is 22.6. The predicted molar refractivity (Wildman–Crippen MR) is 108 cm³/mol. The molecular weight excluding hydrogens is 324 g/mol. The number of hydrogen-bond acceptors (Lipinski definition) is 4. The molecule has 0 saturated carbocycles. The normalized spacial score (nSPS) is 9.58. The van der Waals surface area contributed by atoms with Gasteiger partial charge < -0.3 is 11.5 Å². The van der Waals surface area contributed by atoms with Crippen molar-refractivity contribution < 1.29 is 4.79 Å². The standard InChI is InChI=1S/C13H11N3.C6H9NO.C2H6/c1-9-6-11(7-14)13(8-16-9)10-2-4-12(15)5-3-10;1-3-5(4-2)6(7)8;1-2/h2-6,8H,15H2,1H3;3-4H,1H2,2H3,(H2,7,8);1-2H3/b;5-4+;. The van der Waals surface area contributed by atoms with Crippen LogP contribution in [0.5, 0.6) is 0 Å². The number of aryl methyl sites for hydroxylation is 1. The van der Waals surface area contributed by atoms with Crippen LogP contribution in [0.15, 0.2) is 60.8 Å². The number of nitrogens with zero attached hydrogens (tertiary/aromatic N) is 2. The Balaban J connectivity index is 0.000000533. The summed E-state index contributed by atoms with van der Waals surface area (Å²) in [5.41, 5.74) is 14.9. The van der Waals surface area contributed by atoms with Crippen LogP contribution >= 0.6 is 0 Å². The average molecular weight is 350 g/mol. The van der Waals surface area contributed by atoms with Gasteiger partial charge >= 0.3 is 0 Å². The Morgan fingerprint density at radius 2 is 1.85 bits per heavy atom. The highest BCUT2D eigenvalue weighted by atomic mass is 16.1. The second kappa shape index (κ2) is 12.0. The summed E-state index contributed by atoms with van der Waals surface area (Å²) in [6.07, 6.45) is 4.77. The maximum Gasteiger partial charge on any atom is 0.248 e. The van der Waals surface area contributed by atoms with Crippen LogP contribution in [-0.2, 0) is 4.79 Å². The third kappa shape index (κ3) is 7.02. The maximum atomic E-state index is 10.2. The monoisotopic (exact) mass is 350 g/mol. The van der Waals surface area contributed by atoms with Crippen LogP contribution in [0.25, 0.3) is 11.1 Å². The molecule has 2 rings (SSSR count). The minimum absolute atomic E-state index is 0.428. The molecule has 2 aromatic rings. The van der Waals surface area contributed by atoms with Gasteiger partial charge in [-0.2, -0.15) is 5.26 Å². The van der Waals surface area contributed by atoms with Crippen molar-refractivity contribution in [1.82, 2.24) is 4.98 Å². The van der Waals surface area contributed by atoms with Gasteiger partial charge in [0.05, 0.1) is 11.6 Å². The fraction of sp³-hybridized carbons (Fsp3) is 0.190. The molecule has 0 saturated heterocycles. The first-order chi connectivity index (χ1) is 12.4. The van der Waals surface area contributed by atoms with Crippen LogP contribution in [-0.4, -0.2) is 10.9 Å². The van der Waals surface area contributed by atoms with E-state index in [0.29, 0.717) is 16.8 Å². The summed E-state index contributed by atoms with van der Waals surface area (Å²) in [7, 11) is 0. The second-order valence-corrected chi connectivity index (χ2v) is 4.92.